The normalized spacial score (nSPS) is 11.3. The lowest BCUT2D eigenvalue weighted by Gasteiger charge is -2.04. The van der Waals surface area contributed by atoms with Crippen LogP contribution in [-0.4, -0.2) is 21.8 Å². The quantitative estimate of drug-likeness (QED) is 0.426. The molecule has 0 unspecified atom stereocenters. The third-order valence-electron chi connectivity index (χ3n) is 2.47. The Morgan fingerprint density at radius 3 is 2.78 bits per heavy atom. The van der Waals surface area contributed by atoms with Crippen LogP contribution < -0.4 is 5.43 Å². The lowest BCUT2D eigenvalue weighted by atomic mass is 10.2. The second-order valence-electron chi connectivity index (χ2n) is 4.09. The zero-order valence-corrected chi connectivity index (χ0v) is 10.6. The Balaban J connectivity index is 2.68. The van der Waals surface area contributed by atoms with E-state index in [1.165, 1.54) is 18.2 Å². The largest absolute Gasteiger partial charge is 0.508 e. The van der Waals surface area contributed by atoms with Crippen molar-refractivity contribution >= 4 is 11.6 Å². The molecule has 0 bridgehead atoms. The summed E-state index contributed by atoms with van der Waals surface area (Å²) in [5, 5.41) is 22.7. The molecule has 1 amide bonds. The fourth-order valence-corrected chi connectivity index (χ4v) is 1.40. The van der Waals surface area contributed by atoms with Gasteiger partial charge in [0.05, 0.1) is 5.56 Å². The van der Waals surface area contributed by atoms with Gasteiger partial charge in [-0.3, -0.25) is 4.79 Å². The molecule has 18 heavy (non-hydrogen) atoms. The van der Waals surface area contributed by atoms with Crippen molar-refractivity contribution in [1.82, 2.24) is 5.43 Å². The van der Waals surface area contributed by atoms with E-state index in [1.807, 2.05) is 6.92 Å². The van der Waals surface area contributed by atoms with E-state index in [0.717, 1.165) is 25.0 Å². The summed E-state index contributed by atoms with van der Waals surface area (Å²) in [6.07, 6.45) is 2.90. The molecule has 0 saturated heterocycles. The highest BCUT2D eigenvalue weighted by molar-refractivity contribution is 5.97. The third kappa shape index (κ3) is 4.08. The molecular weight excluding hydrogens is 232 g/mol. The fraction of sp³-hybridized carbons (Fsp3) is 0.385. The lowest BCUT2D eigenvalue weighted by molar-refractivity contribution is 0.0951. The molecule has 5 heteroatoms. The van der Waals surface area contributed by atoms with Crippen LogP contribution in [0, 0.1) is 0 Å². The molecule has 0 aliphatic carbocycles. The van der Waals surface area contributed by atoms with Gasteiger partial charge in [0, 0.05) is 5.71 Å². The molecule has 0 aliphatic heterocycles. The number of carbonyl (C=O) groups is 1. The fourth-order valence-electron chi connectivity index (χ4n) is 1.40. The lowest BCUT2D eigenvalue weighted by Crippen LogP contribution is -2.19. The number of phenolic OH excluding ortho intramolecular Hbond substituents is 2. The first-order chi connectivity index (χ1) is 8.54. The van der Waals surface area contributed by atoms with Crippen molar-refractivity contribution in [2.45, 2.75) is 33.1 Å². The minimum atomic E-state index is -0.542. The molecule has 5 nitrogen and oxygen atoms in total. The van der Waals surface area contributed by atoms with Gasteiger partial charge in [0.1, 0.15) is 11.5 Å². The number of hydrazone groups is 1. The number of benzene rings is 1. The van der Waals surface area contributed by atoms with Crippen LogP contribution in [0.1, 0.15) is 43.5 Å². The third-order valence-corrected chi connectivity index (χ3v) is 2.47. The van der Waals surface area contributed by atoms with E-state index >= 15 is 0 Å². The Hall–Kier alpha value is -2.04. The predicted molar refractivity (Wildman–Crippen MR) is 69.9 cm³/mol. The number of carbonyl (C=O) groups excluding carboxylic acids is 1. The Kier molecular flexibility index (Phi) is 5.17. The average molecular weight is 250 g/mol. The number of aromatic hydroxyl groups is 2. The first-order valence-electron chi connectivity index (χ1n) is 5.90. The van der Waals surface area contributed by atoms with E-state index in [4.69, 9.17) is 0 Å². The van der Waals surface area contributed by atoms with Gasteiger partial charge in [-0.1, -0.05) is 13.3 Å². The zero-order valence-electron chi connectivity index (χ0n) is 10.6. The molecule has 0 radical (unpaired) electrons. The maximum absolute atomic E-state index is 11.7. The zero-order chi connectivity index (χ0) is 13.5. The van der Waals surface area contributed by atoms with Crippen LogP contribution >= 0.6 is 0 Å². The van der Waals surface area contributed by atoms with Gasteiger partial charge in [0.25, 0.3) is 5.91 Å². The summed E-state index contributed by atoms with van der Waals surface area (Å²) < 4.78 is 0. The molecule has 0 aliphatic rings. The summed E-state index contributed by atoms with van der Waals surface area (Å²) in [6.45, 7) is 3.91. The number of amides is 1. The van der Waals surface area contributed by atoms with Gasteiger partial charge in [0.15, 0.2) is 0 Å². The SMILES string of the molecule is CCCC/C(C)=N\NC(=O)c1cc(O)ccc1O. The average Bonchev–Trinajstić information content (AvgIpc) is 2.36. The Morgan fingerprint density at radius 2 is 2.11 bits per heavy atom. The van der Waals surface area contributed by atoms with Crippen molar-refractivity contribution in [3.05, 3.63) is 23.8 Å². The summed E-state index contributed by atoms with van der Waals surface area (Å²) in [4.78, 5) is 11.7. The van der Waals surface area contributed by atoms with Crippen molar-refractivity contribution in [1.29, 1.82) is 0 Å². The van der Waals surface area contributed by atoms with Gasteiger partial charge in [0.2, 0.25) is 0 Å². The minimum absolute atomic E-state index is 0.00189. The maximum Gasteiger partial charge on any atom is 0.275 e. The monoisotopic (exact) mass is 250 g/mol. The molecule has 0 spiro atoms. The van der Waals surface area contributed by atoms with Gasteiger partial charge in [-0.25, -0.2) is 5.43 Å². The van der Waals surface area contributed by atoms with E-state index in [-0.39, 0.29) is 17.1 Å². The molecule has 98 valence electrons. The Labute approximate surface area is 106 Å². The molecule has 1 aromatic rings. The molecule has 3 N–H and O–H groups in total. The summed E-state index contributed by atoms with van der Waals surface area (Å²) in [6, 6.07) is 3.77. The molecule has 0 atom stereocenters. The van der Waals surface area contributed by atoms with E-state index in [1.54, 1.807) is 0 Å². The number of nitrogens with zero attached hydrogens (tertiary/aromatic N) is 1. The highest BCUT2D eigenvalue weighted by Crippen LogP contribution is 2.21. The van der Waals surface area contributed by atoms with Crippen LogP contribution in [0.15, 0.2) is 23.3 Å². The van der Waals surface area contributed by atoms with Crippen molar-refractivity contribution in [2.24, 2.45) is 5.10 Å². The smallest absolute Gasteiger partial charge is 0.275 e. The molecule has 0 fully saturated rings. The highest BCUT2D eigenvalue weighted by atomic mass is 16.3. The second kappa shape index (κ2) is 6.64. The topological polar surface area (TPSA) is 81.9 Å². The van der Waals surface area contributed by atoms with Crippen molar-refractivity contribution in [3.63, 3.8) is 0 Å². The van der Waals surface area contributed by atoms with E-state index in [9.17, 15) is 15.0 Å². The van der Waals surface area contributed by atoms with Gasteiger partial charge >= 0.3 is 0 Å². The van der Waals surface area contributed by atoms with E-state index < -0.39 is 5.91 Å². The molecule has 1 aromatic carbocycles. The first-order valence-corrected chi connectivity index (χ1v) is 5.90. The highest BCUT2D eigenvalue weighted by Gasteiger charge is 2.11. The molecular formula is C13H18N2O3. The van der Waals surface area contributed by atoms with Crippen LogP contribution in [0.2, 0.25) is 0 Å². The predicted octanol–water partition coefficient (Wildman–Crippen LogP) is 2.39. The van der Waals surface area contributed by atoms with Gasteiger partial charge in [-0.15, -0.1) is 0 Å². The van der Waals surface area contributed by atoms with E-state index in [0.29, 0.717) is 0 Å². The number of phenols is 2. The van der Waals surface area contributed by atoms with Crippen LogP contribution in [0.3, 0.4) is 0 Å². The molecule has 0 heterocycles. The number of rotatable bonds is 5. The van der Waals surface area contributed by atoms with Crippen molar-refractivity contribution in [2.75, 3.05) is 0 Å². The Morgan fingerprint density at radius 1 is 1.39 bits per heavy atom. The summed E-state index contributed by atoms with van der Waals surface area (Å²) >= 11 is 0. The molecule has 0 saturated carbocycles. The van der Waals surface area contributed by atoms with Crippen molar-refractivity contribution in [3.8, 4) is 11.5 Å². The maximum atomic E-state index is 11.7. The standard InChI is InChI=1S/C13H18N2O3/c1-3-4-5-9(2)14-15-13(18)11-8-10(16)6-7-12(11)17/h6-8,16-17H,3-5H2,1-2H3,(H,15,18)/b14-9-. The van der Waals surface area contributed by atoms with Crippen LogP contribution in [-0.2, 0) is 0 Å². The van der Waals surface area contributed by atoms with Crippen molar-refractivity contribution < 1.29 is 15.0 Å². The number of hydrogen-bond donors (Lipinski definition) is 3. The molecule has 1 rings (SSSR count). The van der Waals surface area contributed by atoms with Gasteiger partial charge in [-0.05, 0) is 38.0 Å². The van der Waals surface area contributed by atoms with Crippen LogP contribution in [0.5, 0.6) is 11.5 Å². The summed E-state index contributed by atoms with van der Waals surface area (Å²) in [7, 11) is 0. The first kappa shape index (κ1) is 14.0. The van der Waals surface area contributed by atoms with Gasteiger partial charge < -0.3 is 10.2 Å². The Bertz CT molecular complexity index is 456. The van der Waals surface area contributed by atoms with E-state index in [2.05, 4.69) is 17.5 Å². The molecule has 0 aromatic heterocycles. The summed E-state index contributed by atoms with van der Waals surface area (Å²) in [5.41, 5.74) is 3.18. The second-order valence-corrected chi connectivity index (χ2v) is 4.09. The van der Waals surface area contributed by atoms with Crippen LogP contribution in [0.4, 0.5) is 0 Å². The van der Waals surface area contributed by atoms with Crippen LogP contribution in [0.25, 0.3) is 0 Å². The number of hydrogen-bond acceptors (Lipinski definition) is 4. The van der Waals surface area contributed by atoms with Gasteiger partial charge in [-0.2, -0.15) is 5.10 Å². The minimum Gasteiger partial charge on any atom is -0.508 e. The summed E-state index contributed by atoms with van der Waals surface area (Å²) in [5.74, 6) is -0.810. The number of unbranched alkanes of at least 4 members (excludes halogenated alkanes) is 1. The number of nitrogens with one attached hydrogen (secondary N) is 1.